The summed E-state index contributed by atoms with van der Waals surface area (Å²) < 4.78 is 5.13. The van der Waals surface area contributed by atoms with Gasteiger partial charge in [-0.05, 0) is 24.3 Å². The molecule has 6 heteroatoms. The number of phenols is 1. The summed E-state index contributed by atoms with van der Waals surface area (Å²) >= 11 is 0. The Kier molecular flexibility index (Phi) is 3.95. The normalized spacial score (nSPS) is 9.71. The van der Waals surface area contributed by atoms with Crippen molar-refractivity contribution in [1.82, 2.24) is 0 Å². The van der Waals surface area contributed by atoms with Gasteiger partial charge in [-0.1, -0.05) is 12.1 Å². The van der Waals surface area contributed by atoms with Crippen molar-refractivity contribution in [3.05, 3.63) is 47.5 Å². The number of hydrogen-bond donors (Lipinski definition) is 3. The van der Waals surface area contributed by atoms with E-state index in [-0.39, 0.29) is 28.3 Å². The molecule has 1 amide bonds. The molecule has 0 fully saturated rings. The van der Waals surface area contributed by atoms with Crippen LogP contribution >= 0.6 is 0 Å². The van der Waals surface area contributed by atoms with Crippen LogP contribution in [0.5, 0.6) is 11.5 Å². The molecule has 0 atom stereocenters. The Morgan fingerprint density at radius 1 is 1.33 bits per heavy atom. The molecular weight excluding hydrogens is 270 g/mol. The lowest BCUT2D eigenvalue weighted by Gasteiger charge is -2.12. The average Bonchev–Trinajstić information content (AvgIpc) is 2.50. The van der Waals surface area contributed by atoms with Gasteiger partial charge in [0.25, 0.3) is 5.91 Å². The molecule has 4 N–H and O–H groups in total. The number of nitrogen functional groups attached to an aromatic ring is 1. The third kappa shape index (κ3) is 2.72. The van der Waals surface area contributed by atoms with Crippen molar-refractivity contribution >= 4 is 17.3 Å². The lowest BCUT2D eigenvalue weighted by molar-refractivity contribution is 0.102. The average molecular weight is 283 g/mol. The van der Waals surface area contributed by atoms with Crippen LogP contribution in [0.3, 0.4) is 0 Å². The Morgan fingerprint density at radius 3 is 2.71 bits per heavy atom. The fraction of sp³-hybridized carbons (Fsp3) is 0.0667. The predicted molar refractivity (Wildman–Crippen MR) is 78.2 cm³/mol. The van der Waals surface area contributed by atoms with E-state index in [9.17, 15) is 9.90 Å². The molecule has 0 bridgehead atoms. The molecular formula is C15H13N3O3. The first-order valence-electron chi connectivity index (χ1n) is 6.04. The highest BCUT2D eigenvalue weighted by atomic mass is 16.5. The minimum Gasteiger partial charge on any atom is -0.505 e. The number of para-hydroxylation sites is 2. The van der Waals surface area contributed by atoms with Crippen LogP contribution in [0.15, 0.2) is 36.4 Å². The molecule has 106 valence electrons. The Balaban J connectivity index is 2.41. The number of anilines is 2. The maximum absolute atomic E-state index is 12.2. The number of benzene rings is 2. The van der Waals surface area contributed by atoms with Crippen LogP contribution in [0.25, 0.3) is 0 Å². The molecule has 0 aliphatic rings. The van der Waals surface area contributed by atoms with Crippen molar-refractivity contribution in [2.45, 2.75) is 0 Å². The van der Waals surface area contributed by atoms with Crippen LogP contribution in [0, 0.1) is 11.3 Å². The molecule has 0 aromatic heterocycles. The van der Waals surface area contributed by atoms with E-state index >= 15 is 0 Å². The summed E-state index contributed by atoms with van der Waals surface area (Å²) in [6.07, 6.45) is 0. The van der Waals surface area contributed by atoms with Gasteiger partial charge in [0.05, 0.1) is 23.9 Å². The van der Waals surface area contributed by atoms with E-state index in [2.05, 4.69) is 5.32 Å². The lowest BCUT2D eigenvalue weighted by atomic mass is 10.1. The quantitative estimate of drug-likeness (QED) is 0.590. The van der Waals surface area contributed by atoms with Gasteiger partial charge in [-0.2, -0.15) is 5.26 Å². The van der Waals surface area contributed by atoms with Crippen molar-refractivity contribution in [3.63, 3.8) is 0 Å². The van der Waals surface area contributed by atoms with Gasteiger partial charge in [-0.25, -0.2) is 0 Å². The Labute approximate surface area is 121 Å². The number of carbonyl (C=O) groups excluding carboxylic acids is 1. The standard InChI is InChI=1S/C15H13N3O3/c1-21-12-7-2-4-9(8-16)13(12)18-15(20)10-5-3-6-11(17)14(10)19/h2-7,19H,17H2,1H3,(H,18,20). The van der Waals surface area contributed by atoms with Crippen molar-refractivity contribution in [2.75, 3.05) is 18.2 Å². The number of hydrogen-bond acceptors (Lipinski definition) is 5. The number of nitrogens with two attached hydrogens (primary N) is 1. The van der Waals surface area contributed by atoms with Crippen LogP contribution in [0.1, 0.15) is 15.9 Å². The number of amides is 1. The minimum absolute atomic E-state index is 0.0183. The van der Waals surface area contributed by atoms with Gasteiger partial charge in [-0.3, -0.25) is 4.79 Å². The second-order valence-corrected chi connectivity index (χ2v) is 4.19. The van der Waals surface area contributed by atoms with Crippen molar-refractivity contribution in [2.24, 2.45) is 0 Å². The van der Waals surface area contributed by atoms with Crippen molar-refractivity contribution < 1.29 is 14.6 Å². The third-order valence-electron chi connectivity index (χ3n) is 2.92. The Bertz CT molecular complexity index is 735. The Morgan fingerprint density at radius 2 is 2.05 bits per heavy atom. The predicted octanol–water partition coefficient (Wildman–Crippen LogP) is 2.11. The maximum atomic E-state index is 12.2. The first-order valence-corrected chi connectivity index (χ1v) is 6.04. The number of rotatable bonds is 3. The molecule has 0 heterocycles. The molecule has 0 saturated carbocycles. The van der Waals surface area contributed by atoms with Crippen LogP contribution < -0.4 is 15.8 Å². The molecule has 21 heavy (non-hydrogen) atoms. The van der Waals surface area contributed by atoms with E-state index in [1.165, 1.54) is 19.2 Å². The highest BCUT2D eigenvalue weighted by molar-refractivity contribution is 6.08. The zero-order valence-electron chi connectivity index (χ0n) is 11.3. The van der Waals surface area contributed by atoms with E-state index in [0.717, 1.165) is 0 Å². The third-order valence-corrected chi connectivity index (χ3v) is 2.92. The first kappa shape index (κ1) is 14.2. The molecule has 2 aromatic carbocycles. The van der Waals surface area contributed by atoms with Gasteiger partial charge in [0.1, 0.15) is 17.5 Å². The number of nitrogens with zero attached hydrogens (tertiary/aromatic N) is 1. The lowest BCUT2D eigenvalue weighted by Crippen LogP contribution is -2.14. The maximum Gasteiger partial charge on any atom is 0.259 e. The van der Waals surface area contributed by atoms with E-state index < -0.39 is 5.91 Å². The molecule has 0 spiro atoms. The topological polar surface area (TPSA) is 108 Å². The second kappa shape index (κ2) is 5.84. The summed E-state index contributed by atoms with van der Waals surface area (Å²) in [5.74, 6) is -0.532. The highest BCUT2D eigenvalue weighted by Gasteiger charge is 2.17. The number of phenolic OH excluding ortho intramolecular Hbond substituents is 1. The van der Waals surface area contributed by atoms with Crippen LogP contribution in [-0.4, -0.2) is 18.1 Å². The monoisotopic (exact) mass is 283 g/mol. The minimum atomic E-state index is -0.583. The fourth-order valence-electron chi connectivity index (χ4n) is 1.85. The number of ether oxygens (including phenoxy) is 1. The summed E-state index contributed by atoms with van der Waals surface area (Å²) in [7, 11) is 1.43. The van der Waals surface area contributed by atoms with Crippen molar-refractivity contribution in [1.29, 1.82) is 5.26 Å². The summed E-state index contributed by atoms with van der Waals surface area (Å²) in [4.78, 5) is 12.2. The van der Waals surface area contributed by atoms with E-state index in [1.54, 1.807) is 24.3 Å². The van der Waals surface area contributed by atoms with Gasteiger partial charge in [0, 0.05) is 0 Å². The molecule has 0 aliphatic heterocycles. The molecule has 0 unspecified atom stereocenters. The molecule has 2 rings (SSSR count). The number of nitriles is 1. The number of methoxy groups -OCH3 is 1. The fourth-order valence-corrected chi connectivity index (χ4v) is 1.85. The van der Waals surface area contributed by atoms with Gasteiger partial charge >= 0.3 is 0 Å². The molecule has 0 saturated heterocycles. The molecule has 2 aromatic rings. The summed E-state index contributed by atoms with van der Waals surface area (Å²) in [5.41, 5.74) is 6.18. The summed E-state index contributed by atoms with van der Waals surface area (Å²) in [5, 5.41) is 21.5. The Hall–Kier alpha value is -3.20. The number of aromatic hydroxyl groups is 1. The van der Waals surface area contributed by atoms with E-state index in [0.29, 0.717) is 5.75 Å². The van der Waals surface area contributed by atoms with Gasteiger partial charge < -0.3 is 20.9 Å². The van der Waals surface area contributed by atoms with Gasteiger partial charge in [-0.15, -0.1) is 0 Å². The molecule has 6 nitrogen and oxygen atoms in total. The van der Waals surface area contributed by atoms with Crippen molar-refractivity contribution in [3.8, 4) is 17.6 Å². The van der Waals surface area contributed by atoms with Gasteiger partial charge in [0.15, 0.2) is 5.75 Å². The molecule has 0 radical (unpaired) electrons. The van der Waals surface area contributed by atoms with Crippen LogP contribution in [0.2, 0.25) is 0 Å². The summed E-state index contributed by atoms with van der Waals surface area (Å²) in [6.45, 7) is 0. The van der Waals surface area contributed by atoms with Crippen LogP contribution in [-0.2, 0) is 0 Å². The summed E-state index contributed by atoms with van der Waals surface area (Å²) in [6, 6.07) is 11.3. The van der Waals surface area contributed by atoms with E-state index in [1.807, 2.05) is 6.07 Å². The highest BCUT2D eigenvalue weighted by Crippen LogP contribution is 2.30. The van der Waals surface area contributed by atoms with E-state index in [4.69, 9.17) is 15.7 Å². The number of carbonyl (C=O) groups is 1. The largest absolute Gasteiger partial charge is 0.505 e. The zero-order chi connectivity index (χ0) is 15.4. The SMILES string of the molecule is COc1cccc(C#N)c1NC(=O)c1cccc(N)c1O. The second-order valence-electron chi connectivity index (χ2n) is 4.19. The number of nitrogens with one attached hydrogen (secondary N) is 1. The zero-order valence-corrected chi connectivity index (χ0v) is 11.3. The first-order chi connectivity index (χ1) is 10.1. The van der Waals surface area contributed by atoms with Crippen LogP contribution in [0.4, 0.5) is 11.4 Å². The molecule has 0 aliphatic carbocycles. The van der Waals surface area contributed by atoms with Gasteiger partial charge in [0.2, 0.25) is 0 Å². The smallest absolute Gasteiger partial charge is 0.259 e.